The van der Waals surface area contributed by atoms with E-state index < -0.39 is 9.04 Å². The van der Waals surface area contributed by atoms with Crippen LogP contribution in [0.4, 0.5) is 0 Å². The van der Waals surface area contributed by atoms with Crippen molar-refractivity contribution in [2.24, 2.45) is 5.41 Å². The highest BCUT2D eigenvalue weighted by Gasteiger charge is 2.39. The highest BCUT2D eigenvalue weighted by atomic mass is 28.3. The van der Waals surface area contributed by atoms with Crippen molar-refractivity contribution in [1.29, 1.82) is 0 Å². The second-order valence-corrected chi connectivity index (χ2v) is 8.66. The molecule has 0 spiro atoms. The van der Waals surface area contributed by atoms with Gasteiger partial charge in [0.05, 0.1) is 0 Å². The van der Waals surface area contributed by atoms with E-state index in [1.54, 1.807) is 0 Å². The van der Waals surface area contributed by atoms with Crippen LogP contribution >= 0.6 is 0 Å². The van der Waals surface area contributed by atoms with Crippen LogP contribution in [0, 0.1) is 11.5 Å². The third kappa shape index (κ3) is 3.43. The third-order valence-electron chi connectivity index (χ3n) is 3.72. The summed E-state index contributed by atoms with van der Waals surface area (Å²) in [7, 11) is -0.974. The van der Waals surface area contributed by atoms with E-state index in [-0.39, 0.29) is 10.8 Å². The lowest BCUT2D eigenvalue weighted by Gasteiger charge is -2.43. The summed E-state index contributed by atoms with van der Waals surface area (Å²) in [6, 6.07) is 11.4. The first-order valence-corrected chi connectivity index (χ1v) is 9.13. The lowest BCUT2D eigenvalue weighted by atomic mass is 9.64. The normalized spacial score (nSPS) is 15.9. The van der Waals surface area contributed by atoms with E-state index in [2.05, 4.69) is 59.0 Å². The summed E-state index contributed by atoms with van der Waals surface area (Å²) in [6.45, 7) is 14.4. The Hall–Kier alpha value is -0.603. The third-order valence-corrected chi connectivity index (χ3v) is 4.55. The Labute approximate surface area is 108 Å². The maximum Gasteiger partial charge on any atom is 0.170 e. The molecule has 1 radical (unpaired) electrons. The average molecular weight is 249 g/mol. The molecule has 0 aliphatic carbocycles. The molecule has 1 atom stereocenters. The van der Waals surface area contributed by atoms with Crippen molar-refractivity contribution < 1.29 is 4.43 Å². The zero-order valence-electron chi connectivity index (χ0n) is 12.0. The van der Waals surface area contributed by atoms with Crippen LogP contribution in [0.2, 0.25) is 13.1 Å². The van der Waals surface area contributed by atoms with E-state index in [0.29, 0.717) is 0 Å². The summed E-state index contributed by atoms with van der Waals surface area (Å²) < 4.78 is 6.02. The summed E-state index contributed by atoms with van der Waals surface area (Å²) in [5.41, 5.74) is 1.58. The van der Waals surface area contributed by atoms with Gasteiger partial charge in [-0.05, 0) is 30.1 Å². The van der Waals surface area contributed by atoms with Gasteiger partial charge in [-0.15, -0.1) is 0 Å². The van der Waals surface area contributed by atoms with E-state index in [4.69, 9.17) is 4.43 Å². The Balaban J connectivity index is 3.03. The standard InChI is InChI=1S/C15H25OSi/c1-14(2,3)15(4,12-16-17(5)6)13-10-8-7-9-11-13/h8-11,17H,12H2,1-6H3. The van der Waals surface area contributed by atoms with Crippen molar-refractivity contribution in [3.63, 3.8) is 0 Å². The molecule has 95 valence electrons. The van der Waals surface area contributed by atoms with Crippen LogP contribution in [0.25, 0.3) is 0 Å². The van der Waals surface area contributed by atoms with E-state index in [1.807, 2.05) is 12.1 Å². The molecule has 0 fully saturated rings. The summed E-state index contributed by atoms with van der Waals surface area (Å²) in [6.07, 6.45) is 0. The van der Waals surface area contributed by atoms with Gasteiger partial charge in [-0.25, -0.2) is 0 Å². The van der Waals surface area contributed by atoms with Gasteiger partial charge < -0.3 is 4.43 Å². The Bertz CT molecular complexity index is 340. The molecule has 0 saturated carbocycles. The molecule has 0 aliphatic rings. The summed E-state index contributed by atoms with van der Waals surface area (Å²) in [4.78, 5) is 0. The monoisotopic (exact) mass is 249 g/mol. The van der Waals surface area contributed by atoms with Crippen molar-refractivity contribution in [1.82, 2.24) is 0 Å². The fourth-order valence-electron chi connectivity index (χ4n) is 1.82. The first-order valence-electron chi connectivity index (χ1n) is 6.35. The molecule has 1 aromatic rings. The van der Waals surface area contributed by atoms with Crippen LogP contribution < -0.4 is 0 Å². The first kappa shape index (κ1) is 14.5. The minimum atomic E-state index is -0.974. The van der Waals surface area contributed by atoms with Crippen molar-refractivity contribution in [2.45, 2.75) is 46.2 Å². The minimum absolute atomic E-state index is 0.0549. The number of hydrogen-bond acceptors (Lipinski definition) is 1. The van der Waals surface area contributed by atoms with Gasteiger partial charge in [0, 0.05) is 12.0 Å². The largest absolute Gasteiger partial charge is 0.420 e. The van der Waals surface area contributed by atoms with Crippen LogP contribution in [0.1, 0.15) is 33.3 Å². The highest BCUT2D eigenvalue weighted by Crippen LogP contribution is 2.41. The van der Waals surface area contributed by atoms with Crippen LogP contribution in [0.5, 0.6) is 0 Å². The molecule has 2 heteroatoms. The average Bonchev–Trinajstić information content (AvgIpc) is 2.25. The molecule has 1 unspecified atom stereocenters. The predicted octanol–water partition coefficient (Wildman–Crippen LogP) is 3.79. The number of rotatable bonds is 4. The van der Waals surface area contributed by atoms with E-state index >= 15 is 0 Å². The molecule has 0 amide bonds. The van der Waals surface area contributed by atoms with Crippen molar-refractivity contribution in [3.8, 4) is 0 Å². The number of hydrogen-bond donors (Lipinski definition) is 0. The van der Waals surface area contributed by atoms with Crippen LogP contribution in [-0.4, -0.2) is 15.6 Å². The van der Waals surface area contributed by atoms with Gasteiger partial charge in [0.15, 0.2) is 9.04 Å². The lowest BCUT2D eigenvalue weighted by molar-refractivity contribution is 0.118. The summed E-state index contributed by atoms with van der Waals surface area (Å²) >= 11 is 0. The van der Waals surface area contributed by atoms with E-state index in [1.165, 1.54) is 5.56 Å². The van der Waals surface area contributed by atoms with Gasteiger partial charge in [-0.3, -0.25) is 0 Å². The summed E-state index contributed by atoms with van der Waals surface area (Å²) in [5, 5.41) is 0. The molecule has 1 nitrogen and oxygen atoms in total. The molecule has 0 saturated heterocycles. The Morgan fingerprint density at radius 2 is 1.65 bits per heavy atom. The van der Waals surface area contributed by atoms with E-state index in [0.717, 1.165) is 6.61 Å². The SMILES string of the molecule is C[SiH](C)OCC(C)(c1cc[c]cc1)C(C)(C)C. The fraction of sp³-hybridized carbons (Fsp3) is 0.600. The van der Waals surface area contributed by atoms with E-state index in [9.17, 15) is 0 Å². The molecule has 1 rings (SSSR count). The second-order valence-electron chi connectivity index (χ2n) is 6.23. The van der Waals surface area contributed by atoms with Gasteiger partial charge >= 0.3 is 0 Å². The van der Waals surface area contributed by atoms with Crippen LogP contribution in [0.15, 0.2) is 24.3 Å². The molecule has 0 aromatic heterocycles. The topological polar surface area (TPSA) is 9.23 Å². The quantitative estimate of drug-likeness (QED) is 0.738. The van der Waals surface area contributed by atoms with Crippen molar-refractivity contribution in [2.75, 3.05) is 6.61 Å². The molecular weight excluding hydrogens is 224 g/mol. The zero-order valence-corrected chi connectivity index (χ0v) is 13.2. The highest BCUT2D eigenvalue weighted by molar-refractivity contribution is 6.48. The second kappa shape index (κ2) is 5.36. The molecule has 17 heavy (non-hydrogen) atoms. The van der Waals surface area contributed by atoms with Crippen LogP contribution in [-0.2, 0) is 9.84 Å². The van der Waals surface area contributed by atoms with Gasteiger partial charge in [0.25, 0.3) is 0 Å². The van der Waals surface area contributed by atoms with Gasteiger partial charge in [0.1, 0.15) is 0 Å². The lowest BCUT2D eigenvalue weighted by Crippen LogP contribution is -2.42. The van der Waals surface area contributed by atoms with Crippen molar-refractivity contribution >= 4 is 9.04 Å². The predicted molar refractivity (Wildman–Crippen MR) is 76.9 cm³/mol. The smallest absolute Gasteiger partial charge is 0.170 e. The Morgan fingerprint density at radius 3 is 2.06 bits per heavy atom. The van der Waals surface area contributed by atoms with Crippen LogP contribution in [0.3, 0.4) is 0 Å². The molecule has 1 aromatic carbocycles. The maximum atomic E-state index is 6.02. The molecule has 0 aliphatic heterocycles. The van der Waals surface area contributed by atoms with Gasteiger partial charge in [-0.2, -0.15) is 0 Å². The van der Waals surface area contributed by atoms with Crippen molar-refractivity contribution in [3.05, 3.63) is 35.9 Å². The minimum Gasteiger partial charge on any atom is -0.420 e. The van der Waals surface area contributed by atoms with Gasteiger partial charge in [-0.1, -0.05) is 52.0 Å². The molecule has 0 heterocycles. The molecular formula is C15H25OSi. The zero-order chi connectivity index (χ0) is 13.1. The first-order chi connectivity index (χ1) is 7.77. The van der Waals surface area contributed by atoms with Gasteiger partial charge in [0.2, 0.25) is 0 Å². The molecule has 0 bridgehead atoms. The molecule has 0 N–H and O–H groups in total. The Kier molecular flexibility index (Phi) is 4.56. The number of benzene rings is 1. The summed E-state index contributed by atoms with van der Waals surface area (Å²) in [5.74, 6) is 0. The fourth-order valence-corrected chi connectivity index (χ4v) is 2.49. The Morgan fingerprint density at radius 1 is 1.12 bits per heavy atom. The maximum absolute atomic E-state index is 6.02.